The predicted octanol–water partition coefficient (Wildman–Crippen LogP) is 8.91. The van der Waals surface area contributed by atoms with Crippen LogP contribution in [0.15, 0.2) is 87.5 Å². The molecule has 0 aliphatic rings. The largest absolute Gasteiger partial charge is 0.416 e. The standard InChI is InChI=1S/C21H12F10S/c22-19(23,24)13-4-8-16(9-5-13)32(31,17-10-6-14(7-11-17)20(25,26)27)18-3-1-2-15(12-18)21(28,29)30/h1-12H. The zero-order chi connectivity index (χ0) is 23.9. The molecule has 0 saturated carbocycles. The van der Waals surface area contributed by atoms with Crippen molar-refractivity contribution in [3.8, 4) is 0 Å². The topological polar surface area (TPSA) is 0 Å². The van der Waals surface area contributed by atoms with Gasteiger partial charge in [0.15, 0.2) is 0 Å². The highest BCUT2D eigenvalue weighted by Gasteiger charge is 2.38. The van der Waals surface area contributed by atoms with Gasteiger partial charge in [0.2, 0.25) is 0 Å². The Morgan fingerprint density at radius 2 is 0.812 bits per heavy atom. The minimum atomic E-state index is -4.84. The van der Waals surface area contributed by atoms with Crippen LogP contribution in [0.1, 0.15) is 16.7 Å². The molecule has 0 radical (unpaired) electrons. The first-order valence-electron chi connectivity index (χ1n) is 8.68. The van der Waals surface area contributed by atoms with E-state index in [1.54, 1.807) is 0 Å². The van der Waals surface area contributed by atoms with Crippen LogP contribution in [0.5, 0.6) is 0 Å². The van der Waals surface area contributed by atoms with Crippen LogP contribution in [0, 0.1) is 0 Å². The van der Waals surface area contributed by atoms with Crippen molar-refractivity contribution in [2.45, 2.75) is 33.2 Å². The van der Waals surface area contributed by atoms with E-state index in [0.29, 0.717) is 36.4 Å². The van der Waals surface area contributed by atoms with Crippen LogP contribution < -0.4 is 0 Å². The van der Waals surface area contributed by atoms with E-state index in [2.05, 4.69) is 0 Å². The van der Waals surface area contributed by atoms with Crippen molar-refractivity contribution in [3.05, 3.63) is 89.5 Å². The third-order valence-corrected chi connectivity index (χ3v) is 7.25. The summed E-state index contributed by atoms with van der Waals surface area (Å²) in [6, 6.07) is 8.48. The zero-order valence-electron chi connectivity index (χ0n) is 15.6. The molecule has 0 N–H and O–H groups in total. The zero-order valence-corrected chi connectivity index (χ0v) is 16.4. The molecule has 32 heavy (non-hydrogen) atoms. The molecule has 0 bridgehead atoms. The number of halogens is 10. The predicted molar refractivity (Wildman–Crippen MR) is 97.8 cm³/mol. The molecule has 0 heterocycles. The molecule has 3 rings (SSSR count). The maximum atomic E-state index is 16.6. The van der Waals surface area contributed by atoms with Gasteiger partial charge in [0.1, 0.15) is 0 Å². The minimum absolute atomic E-state index is 0.399. The van der Waals surface area contributed by atoms with Crippen LogP contribution in [0.2, 0.25) is 0 Å². The smallest absolute Gasteiger partial charge is 0.175 e. The Labute approximate surface area is 177 Å². The quantitative estimate of drug-likeness (QED) is 0.324. The van der Waals surface area contributed by atoms with E-state index < -0.39 is 60.3 Å². The van der Waals surface area contributed by atoms with Gasteiger partial charge in [0.25, 0.3) is 0 Å². The molecule has 0 spiro atoms. The Morgan fingerprint density at radius 3 is 1.16 bits per heavy atom. The average molecular weight is 486 g/mol. The second-order valence-corrected chi connectivity index (χ2v) is 9.10. The molecule has 0 saturated heterocycles. The van der Waals surface area contributed by atoms with Gasteiger partial charge >= 0.3 is 18.5 Å². The van der Waals surface area contributed by atoms with Crippen LogP contribution in [0.3, 0.4) is 0 Å². The lowest BCUT2D eigenvalue weighted by Gasteiger charge is -2.33. The minimum Gasteiger partial charge on any atom is -0.175 e. The Kier molecular flexibility index (Phi) is 6.01. The first-order chi connectivity index (χ1) is 14.6. The monoisotopic (exact) mass is 486 g/mol. The number of rotatable bonds is 3. The lowest BCUT2D eigenvalue weighted by Crippen LogP contribution is -2.08. The van der Waals surface area contributed by atoms with Crippen LogP contribution in [-0.4, -0.2) is 0 Å². The second kappa shape index (κ2) is 8.02. The van der Waals surface area contributed by atoms with Gasteiger partial charge in [-0.25, -0.2) is 0 Å². The second-order valence-electron chi connectivity index (χ2n) is 6.61. The molecule has 11 heteroatoms. The molecule has 0 fully saturated rings. The summed E-state index contributed by atoms with van der Waals surface area (Å²) >= 11 is 0. The maximum Gasteiger partial charge on any atom is 0.416 e. The van der Waals surface area contributed by atoms with E-state index in [-0.39, 0.29) is 0 Å². The summed E-state index contributed by atoms with van der Waals surface area (Å²) in [5.41, 5.74) is -3.43. The Balaban J connectivity index is 2.22. The molecule has 0 aliphatic carbocycles. The van der Waals surface area contributed by atoms with E-state index in [0.717, 1.165) is 36.4 Å². The number of alkyl halides is 9. The third-order valence-electron chi connectivity index (χ3n) is 4.50. The average Bonchev–Trinajstić information content (AvgIpc) is 2.71. The van der Waals surface area contributed by atoms with Gasteiger partial charge in [-0.15, -0.1) is 0 Å². The molecular formula is C21H12F10S. The van der Waals surface area contributed by atoms with Gasteiger partial charge in [-0.2, -0.15) is 43.4 Å². The summed E-state index contributed by atoms with van der Waals surface area (Å²) < 4.78 is 133. The number of benzene rings is 3. The fourth-order valence-electron chi connectivity index (χ4n) is 2.92. The molecule has 3 aromatic rings. The van der Waals surface area contributed by atoms with Crippen molar-refractivity contribution in [1.29, 1.82) is 0 Å². The molecule has 172 valence electrons. The van der Waals surface area contributed by atoms with Crippen molar-refractivity contribution < 1.29 is 43.4 Å². The Morgan fingerprint density at radius 1 is 0.438 bits per heavy atom. The van der Waals surface area contributed by atoms with Crippen molar-refractivity contribution in [1.82, 2.24) is 0 Å². The highest BCUT2D eigenvalue weighted by atomic mass is 32.3. The van der Waals surface area contributed by atoms with Crippen LogP contribution in [0.4, 0.5) is 43.4 Å². The van der Waals surface area contributed by atoms with E-state index in [9.17, 15) is 39.5 Å². The van der Waals surface area contributed by atoms with Crippen molar-refractivity contribution in [2.75, 3.05) is 0 Å². The van der Waals surface area contributed by atoms with Crippen molar-refractivity contribution in [3.63, 3.8) is 0 Å². The van der Waals surface area contributed by atoms with E-state index >= 15 is 3.89 Å². The van der Waals surface area contributed by atoms with E-state index in [1.807, 2.05) is 0 Å². The molecule has 0 unspecified atom stereocenters. The summed E-state index contributed by atoms with van der Waals surface area (Å²) in [4.78, 5) is -1.32. The SMILES string of the molecule is FC(F)(F)c1ccc(S(F)(c2ccc(C(F)(F)F)cc2)c2cccc(C(F)(F)F)c2)cc1. The van der Waals surface area contributed by atoms with E-state index in [1.165, 1.54) is 0 Å². The van der Waals surface area contributed by atoms with E-state index in [4.69, 9.17) is 0 Å². The summed E-state index contributed by atoms with van der Waals surface area (Å²) in [5.74, 6) is 0. The highest BCUT2D eigenvalue weighted by molar-refractivity contribution is 8.29. The van der Waals surface area contributed by atoms with Gasteiger partial charge in [-0.3, -0.25) is 0 Å². The third kappa shape index (κ3) is 4.72. The van der Waals surface area contributed by atoms with Gasteiger partial charge < -0.3 is 0 Å². The fraction of sp³-hybridized carbons (Fsp3) is 0.143. The Hall–Kier alpha value is -2.69. The fourth-order valence-corrected chi connectivity index (χ4v) is 5.31. The van der Waals surface area contributed by atoms with Crippen LogP contribution in [-0.2, 0) is 18.5 Å². The molecule has 0 atom stereocenters. The van der Waals surface area contributed by atoms with Crippen molar-refractivity contribution >= 4 is 10.4 Å². The molecule has 0 aliphatic heterocycles. The maximum absolute atomic E-state index is 16.6. The van der Waals surface area contributed by atoms with Crippen molar-refractivity contribution in [2.24, 2.45) is 0 Å². The summed E-state index contributed by atoms with van der Waals surface area (Å²) in [6.45, 7) is 0. The summed E-state index contributed by atoms with van der Waals surface area (Å²) in [5, 5.41) is 0. The van der Waals surface area contributed by atoms with Gasteiger partial charge in [-0.05, 0) is 77.1 Å². The lowest BCUT2D eigenvalue weighted by molar-refractivity contribution is -0.138. The van der Waals surface area contributed by atoms with Gasteiger partial charge in [-0.1, -0.05) is 6.07 Å². The van der Waals surface area contributed by atoms with Crippen LogP contribution in [0.25, 0.3) is 0 Å². The molecule has 0 aromatic heterocycles. The Bertz CT molecular complexity index is 1020. The first kappa shape index (κ1) is 24.0. The van der Waals surface area contributed by atoms with Crippen LogP contribution >= 0.6 is 10.4 Å². The highest BCUT2D eigenvalue weighted by Crippen LogP contribution is 2.70. The summed E-state index contributed by atoms with van der Waals surface area (Å²) in [6.07, 6.45) is -14.3. The molecule has 0 nitrogen and oxygen atoms in total. The number of hydrogen-bond acceptors (Lipinski definition) is 0. The van der Waals surface area contributed by atoms with Gasteiger partial charge in [0, 0.05) is 14.7 Å². The normalized spacial score (nSPS) is 13.8. The molecular weight excluding hydrogens is 474 g/mol. The lowest BCUT2D eigenvalue weighted by atomic mass is 10.2. The molecule has 0 amide bonds. The first-order valence-corrected chi connectivity index (χ1v) is 10.2. The number of hydrogen-bond donors (Lipinski definition) is 0. The van der Waals surface area contributed by atoms with Gasteiger partial charge in [0.05, 0.1) is 16.7 Å². The molecule has 3 aromatic carbocycles. The summed E-state index contributed by atoms with van der Waals surface area (Å²) in [7, 11) is -4.12.